The van der Waals surface area contributed by atoms with Crippen LogP contribution in [0.25, 0.3) is 6.08 Å². The van der Waals surface area contributed by atoms with Crippen LogP contribution in [-0.2, 0) is 6.61 Å². The minimum absolute atomic E-state index is 0.0966. The number of nitro groups is 1. The topological polar surface area (TPSA) is 78.7 Å². The zero-order chi connectivity index (χ0) is 23.3. The second kappa shape index (κ2) is 10.5. The van der Waals surface area contributed by atoms with Crippen molar-refractivity contribution in [2.75, 3.05) is 7.11 Å². The highest BCUT2D eigenvalue weighted by Gasteiger charge is 2.12. The summed E-state index contributed by atoms with van der Waals surface area (Å²) in [6.45, 7) is 0.0966. The molecule has 0 atom stereocenters. The first-order valence-electron chi connectivity index (χ1n) is 9.19. The molecule has 3 aromatic rings. The maximum absolute atomic E-state index is 12.5. The number of rotatable bonds is 8. The lowest BCUT2D eigenvalue weighted by Gasteiger charge is -2.12. The standard InChI is InChI=1S/C23H16Cl3NO5/c1-31-22-8-3-14(2-7-21(28)18-6-4-16(24)11-19(18)25)10-15(22)13-32-23-9-5-17(27(29)30)12-20(23)26/h2-12H,13H2,1H3/b7-2+. The van der Waals surface area contributed by atoms with Crippen molar-refractivity contribution in [2.24, 2.45) is 0 Å². The van der Waals surface area contributed by atoms with Gasteiger partial charge in [0, 0.05) is 28.3 Å². The van der Waals surface area contributed by atoms with E-state index in [1.54, 1.807) is 36.4 Å². The van der Waals surface area contributed by atoms with E-state index in [4.69, 9.17) is 44.3 Å². The van der Waals surface area contributed by atoms with E-state index in [0.29, 0.717) is 27.6 Å². The number of carbonyl (C=O) groups is 1. The maximum atomic E-state index is 12.5. The number of benzene rings is 3. The van der Waals surface area contributed by atoms with Gasteiger partial charge in [-0.1, -0.05) is 46.9 Å². The third kappa shape index (κ3) is 5.79. The molecule has 3 aromatic carbocycles. The van der Waals surface area contributed by atoms with E-state index in [2.05, 4.69) is 0 Å². The Hall–Kier alpha value is -3.06. The van der Waals surface area contributed by atoms with Gasteiger partial charge in [-0.15, -0.1) is 0 Å². The summed E-state index contributed by atoms with van der Waals surface area (Å²) < 4.78 is 11.1. The number of nitrogens with zero attached hydrogens (tertiary/aromatic N) is 1. The van der Waals surface area contributed by atoms with Gasteiger partial charge in [0.25, 0.3) is 5.69 Å². The molecule has 0 radical (unpaired) electrons. The largest absolute Gasteiger partial charge is 0.496 e. The molecule has 0 aromatic heterocycles. The van der Waals surface area contributed by atoms with Gasteiger partial charge in [0.2, 0.25) is 0 Å². The molecule has 0 saturated heterocycles. The van der Waals surface area contributed by atoms with Gasteiger partial charge in [0.15, 0.2) is 5.78 Å². The quantitative estimate of drug-likeness (QED) is 0.146. The van der Waals surface area contributed by atoms with Gasteiger partial charge >= 0.3 is 0 Å². The van der Waals surface area contributed by atoms with Gasteiger partial charge in [0.05, 0.1) is 22.1 Å². The van der Waals surface area contributed by atoms with Crippen LogP contribution in [0.15, 0.2) is 60.7 Å². The molecular weight excluding hydrogens is 477 g/mol. The van der Waals surface area contributed by atoms with Crippen LogP contribution in [0.3, 0.4) is 0 Å². The highest BCUT2D eigenvalue weighted by atomic mass is 35.5. The van der Waals surface area contributed by atoms with Crippen molar-refractivity contribution in [3.05, 3.63) is 103 Å². The highest BCUT2D eigenvalue weighted by molar-refractivity contribution is 6.37. The fraction of sp³-hybridized carbons (Fsp3) is 0.0870. The van der Waals surface area contributed by atoms with Crippen molar-refractivity contribution in [1.82, 2.24) is 0 Å². The van der Waals surface area contributed by atoms with Crippen molar-refractivity contribution in [3.63, 3.8) is 0 Å². The molecule has 164 valence electrons. The lowest BCUT2D eigenvalue weighted by Crippen LogP contribution is -2.00. The van der Waals surface area contributed by atoms with Gasteiger partial charge in [0.1, 0.15) is 18.1 Å². The molecule has 0 saturated carbocycles. The Bertz CT molecular complexity index is 1210. The van der Waals surface area contributed by atoms with Gasteiger partial charge in [-0.25, -0.2) is 0 Å². The van der Waals surface area contributed by atoms with Crippen molar-refractivity contribution in [3.8, 4) is 11.5 Å². The Morgan fingerprint density at radius 1 is 1.00 bits per heavy atom. The van der Waals surface area contributed by atoms with E-state index in [-0.39, 0.29) is 28.1 Å². The first-order chi connectivity index (χ1) is 15.3. The Balaban J connectivity index is 1.77. The smallest absolute Gasteiger partial charge is 0.271 e. The summed E-state index contributed by atoms with van der Waals surface area (Å²) in [5.74, 6) is 0.609. The van der Waals surface area contributed by atoms with Crippen molar-refractivity contribution in [2.45, 2.75) is 6.61 Å². The number of carbonyl (C=O) groups excluding carboxylic acids is 1. The molecule has 0 amide bonds. The van der Waals surface area contributed by atoms with Gasteiger partial charge in [-0.3, -0.25) is 14.9 Å². The molecule has 32 heavy (non-hydrogen) atoms. The van der Waals surface area contributed by atoms with E-state index < -0.39 is 4.92 Å². The van der Waals surface area contributed by atoms with Crippen LogP contribution in [0.1, 0.15) is 21.5 Å². The summed E-state index contributed by atoms with van der Waals surface area (Å²) in [6.07, 6.45) is 3.06. The molecule has 0 aliphatic carbocycles. The normalized spacial score (nSPS) is 10.9. The third-order valence-corrected chi connectivity index (χ3v) is 5.28. The molecule has 0 fully saturated rings. The Morgan fingerprint density at radius 2 is 1.75 bits per heavy atom. The predicted octanol–water partition coefficient (Wildman–Crippen LogP) is 7.04. The van der Waals surface area contributed by atoms with E-state index in [0.717, 1.165) is 5.56 Å². The predicted molar refractivity (Wildman–Crippen MR) is 125 cm³/mol. The molecule has 3 rings (SSSR count). The summed E-state index contributed by atoms with van der Waals surface area (Å²) in [7, 11) is 1.53. The molecule has 0 N–H and O–H groups in total. The van der Waals surface area contributed by atoms with E-state index in [1.165, 1.54) is 37.5 Å². The number of nitro benzene ring substituents is 1. The zero-order valence-electron chi connectivity index (χ0n) is 16.7. The third-order valence-electron chi connectivity index (χ3n) is 4.44. The minimum atomic E-state index is -0.535. The number of hydrogen-bond acceptors (Lipinski definition) is 5. The summed E-state index contributed by atoms with van der Waals surface area (Å²) in [6, 6.07) is 14.0. The van der Waals surface area contributed by atoms with Crippen LogP contribution < -0.4 is 9.47 Å². The molecular formula is C23H16Cl3NO5. The van der Waals surface area contributed by atoms with Crippen molar-refractivity contribution >= 4 is 52.3 Å². The number of ether oxygens (including phenoxy) is 2. The average molecular weight is 493 g/mol. The molecule has 9 heteroatoms. The Morgan fingerprint density at radius 3 is 2.41 bits per heavy atom. The molecule has 0 spiro atoms. The van der Waals surface area contributed by atoms with Crippen molar-refractivity contribution in [1.29, 1.82) is 0 Å². The lowest BCUT2D eigenvalue weighted by molar-refractivity contribution is -0.384. The number of non-ortho nitro benzene ring substituents is 1. The number of allylic oxidation sites excluding steroid dienone is 1. The molecule has 0 aliphatic heterocycles. The summed E-state index contributed by atoms with van der Waals surface area (Å²) in [5.41, 5.74) is 1.65. The van der Waals surface area contributed by atoms with Gasteiger partial charge < -0.3 is 9.47 Å². The fourth-order valence-electron chi connectivity index (χ4n) is 2.84. The molecule has 0 aliphatic rings. The van der Waals surface area contributed by atoms with E-state index >= 15 is 0 Å². The molecule has 6 nitrogen and oxygen atoms in total. The van der Waals surface area contributed by atoms with Crippen LogP contribution in [0.2, 0.25) is 15.1 Å². The number of methoxy groups -OCH3 is 1. The first-order valence-corrected chi connectivity index (χ1v) is 10.3. The summed E-state index contributed by atoms with van der Waals surface area (Å²) >= 11 is 18.0. The zero-order valence-corrected chi connectivity index (χ0v) is 18.9. The maximum Gasteiger partial charge on any atom is 0.271 e. The van der Waals surface area contributed by atoms with Crippen LogP contribution in [0.5, 0.6) is 11.5 Å². The van der Waals surface area contributed by atoms with Gasteiger partial charge in [-0.2, -0.15) is 0 Å². The van der Waals surface area contributed by atoms with Crippen LogP contribution >= 0.6 is 34.8 Å². The lowest BCUT2D eigenvalue weighted by atomic mass is 10.1. The summed E-state index contributed by atoms with van der Waals surface area (Å²) in [5, 5.41) is 11.7. The summed E-state index contributed by atoms with van der Waals surface area (Å²) in [4.78, 5) is 22.8. The second-order valence-corrected chi connectivity index (χ2v) is 7.80. The van der Waals surface area contributed by atoms with Crippen LogP contribution in [0.4, 0.5) is 5.69 Å². The SMILES string of the molecule is COc1ccc(/C=C/C(=O)c2ccc(Cl)cc2Cl)cc1COc1ccc([N+](=O)[O-])cc1Cl. The van der Waals surface area contributed by atoms with E-state index in [1.807, 2.05) is 0 Å². The van der Waals surface area contributed by atoms with E-state index in [9.17, 15) is 14.9 Å². The minimum Gasteiger partial charge on any atom is -0.496 e. The monoisotopic (exact) mass is 491 g/mol. The highest BCUT2D eigenvalue weighted by Crippen LogP contribution is 2.30. The number of hydrogen-bond donors (Lipinski definition) is 0. The fourth-order valence-corrected chi connectivity index (χ4v) is 3.57. The first kappa shape index (κ1) is 23.6. The van der Waals surface area contributed by atoms with Gasteiger partial charge in [-0.05, 0) is 48.0 Å². The molecule has 0 unspecified atom stereocenters. The molecule has 0 bridgehead atoms. The Kier molecular flexibility index (Phi) is 7.75. The second-order valence-electron chi connectivity index (χ2n) is 6.55. The van der Waals surface area contributed by atoms with Crippen LogP contribution in [0, 0.1) is 10.1 Å². The van der Waals surface area contributed by atoms with Crippen molar-refractivity contribution < 1.29 is 19.2 Å². The van der Waals surface area contributed by atoms with Crippen LogP contribution in [-0.4, -0.2) is 17.8 Å². The Labute approximate surface area is 199 Å². The number of halogens is 3. The average Bonchev–Trinajstić information content (AvgIpc) is 2.76. The number of ketones is 1. The molecule has 0 heterocycles.